The maximum Gasteiger partial charge on any atom is 0.191 e. The number of likely N-dealkylation sites (N-methyl/N-ethyl adjacent to an activating group) is 1. The molecule has 2 N–H and O–H groups in total. The number of halogens is 1. The van der Waals surface area contributed by atoms with Gasteiger partial charge in [-0.1, -0.05) is 12.1 Å². The molecule has 1 aromatic carbocycles. The van der Waals surface area contributed by atoms with E-state index in [0.717, 1.165) is 37.8 Å². The average molecular weight is 450 g/mol. The van der Waals surface area contributed by atoms with Gasteiger partial charge in [0.05, 0.1) is 13.2 Å². The van der Waals surface area contributed by atoms with Gasteiger partial charge in [0.15, 0.2) is 5.96 Å². The highest BCUT2D eigenvalue weighted by molar-refractivity contribution is 14.0. The van der Waals surface area contributed by atoms with Crippen molar-refractivity contribution in [3.05, 3.63) is 29.8 Å². The van der Waals surface area contributed by atoms with E-state index < -0.39 is 0 Å². The molecule has 7 heteroatoms. The Morgan fingerprint density at radius 3 is 2.58 bits per heavy atom. The van der Waals surface area contributed by atoms with E-state index in [1.165, 1.54) is 5.56 Å². The zero-order chi connectivity index (χ0) is 17.1. The molecule has 24 heavy (non-hydrogen) atoms. The van der Waals surface area contributed by atoms with Gasteiger partial charge in [-0.05, 0) is 38.2 Å². The van der Waals surface area contributed by atoms with Crippen LogP contribution in [0.5, 0.6) is 5.75 Å². The average Bonchev–Trinajstić information content (AvgIpc) is 2.56. The van der Waals surface area contributed by atoms with E-state index in [9.17, 15) is 0 Å². The summed E-state index contributed by atoms with van der Waals surface area (Å²) in [4.78, 5) is 6.44. The number of nitrogens with one attached hydrogen (secondary N) is 2. The Bertz CT molecular complexity index is 483. The number of hydrogen-bond acceptors (Lipinski definition) is 4. The molecular weight excluding hydrogens is 419 g/mol. The van der Waals surface area contributed by atoms with Gasteiger partial charge < -0.3 is 25.0 Å². The summed E-state index contributed by atoms with van der Waals surface area (Å²) in [5, 5.41) is 6.67. The Labute approximate surface area is 163 Å². The topological polar surface area (TPSA) is 58.1 Å². The van der Waals surface area contributed by atoms with Crippen molar-refractivity contribution < 1.29 is 9.47 Å². The van der Waals surface area contributed by atoms with Crippen molar-refractivity contribution in [1.29, 1.82) is 0 Å². The molecule has 0 aromatic heterocycles. The fourth-order valence-corrected chi connectivity index (χ4v) is 2.28. The lowest BCUT2D eigenvalue weighted by Gasteiger charge is -2.26. The molecule has 0 aliphatic carbocycles. The van der Waals surface area contributed by atoms with Crippen LogP contribution in [0.1, 0.15) is 18.0 Å². The minimum atomic E-state index is 0. The molecule has 0 heterocycles. The first-order valence-corrected chi connectivity index (χ1v) is 7.86. The zero-order valence-electron chi connectivity index (χ0n) is 15.3. The second-order valence-electron chi connectivity index (χ2n) is 5.48. The number of guanidine groups is 1. The second kappa shape index (κ2) is 13.3. The first-order chi connectivity index (χ1) is 11.1. The van der Waals surface area contributed by atoms with E-state index in [4.69, 9.17) is 9.47 Å². The van der Waals surface area contributed by atoms with Crippen molar-refractivity contribution in [2.24, 2.45) is 4.99 Å². The summed E-state index contributed by atoms with van der Waals surface area (Å²) in [5.41, 5.74) is 1.21. The SMILES string of the molecule is CN=C(NCCCOC)NCC(c1cccc(OC)c1)N(C)C.I. The van der Waals surface area contributed by atoms with Crippen molar-refractivity contribution in [1.82, 2.24) is 15.5 Å². The molecule has 0 aliphatic heterocycles. The quantitative estimate of drug-likeness (QED) is 0.261. The van der Waals surface area contributed by atoms with E-state index >= 15 is 0 Å². The van der Waals surface area contributed by atoms with Crippen molar-refractivity contribution in [3.8, 4) is 5.75 Å². The van der Waals surface area contributed by atoms with Gasteiger partial charge >= 0.3 is 0 Å². The summed E-state index contributed by atoms with van der Waals surface area (Å²) < 4.78 is 10.4. The summed E-state index contributed by atoms with van der Waals surface area (Å²) in [7, 11) is 9.32. The Morgan fingerprint density at radius 1 is 1.25 bits per heavy atom. The van der Waals surface area contributed by atoms with E-state index in [2.05, 4.69) is 46.8 Å². The zero-order valence-corrected chi connectivity index (χ0v) is 17.7. The first kappa shape index (κ1) is 22.9. The number of aliphatic imine (C=N–C) groups is 1. The number of ether oxygens (including phenoxy) is 2. The van der Waals surface area contributed by atoms with E-state index in [0.29, 0.717) is 0 Å². The molecule has 1 unspecified atom stereocenters. The molecule has 0 fully saturated rings. The van der Waals surface area contributed by atoms with Crippen LogP contribution >= 0.6 is 24.0 Å². The molecule has 0 radical (unpaired) electrons. The van der Waals surface area contributed by atoms with Crippen LogP contribution in [0.4, 0.5) is 0 Å². The number of nitrogens with zero attached hydrogens (tertiary/aromatic N) is 2. The number of rotatable bonds is 9. The van der Waals surface area contributed by atoms with E-state index in [-0.39, 0.29) is 30.0 Å². The monoisotopic (exact) mass is 450 g/mol. The Balaban J connectivity index is 0.00000529. The molecular formula is C17H31IN4O2. The molecule has 1 rings (SSSR count). The summed E-state index contributed by atoms with van der Waals surface area (Å²) in [6.07, 6.45) is 0.949. The van der Waals surface area contributed by atoms with Gasteiger partial charge in [-0.25, -0.2) is 0 Å². The van der Waals surface area contributed by atoms with Crippen molar-refractivity contribution in [2.45, 2.75) is 12.5 Å². The van der Waals surface area contributed by atoms with Crippen LogP contribution in [0, 0.1) is 0 Å². The normalized spacial score (nSPS) is 12.5. The maximum atomic E-state index is 5.32. The van der Waals surface area contributed by atoms with Crippen LogP contribution in [-0.2, 0) is 4.74 Å². The van der Waals surface area contributed by atoms with Gasteiger partial charge in [0.2, 0.25) is 0 Å². The van der Waals surface area contributed by atoms with Crippen molar-refractivity contribution in [3.63, 3.8) is 0 Å². The van der Waals surface area contributed by atoms with Gasteiger partial charge in [-0.2, -0.15) is 0 Å². The van der Waals surface area contributed by atoms with Crippen molar-refractivity contribution in [2.75, 3.05) is 55.1 Å². The largest absolute Gasteiger partial charge is 0.497 e. The predicted molar refractivity (Wildman–Crippen MR) is 111 cm³/mol. The molecule has 138 valence electrons. The molecule has 0 aliphatic rings. The van der Waals surface area contributed by atoms with Crippen molar-refractivity contribution >= 4 is 29.9 Å². The number of methoxy groups -OCH3 is 2. The summed E-state index contributed by atoms with van der Waals surface area (Å²) in [5.74, 6) is 1.67. The standard InChI is InChI=1S/C17H30N4O2.HI/c1-18-17(19-10-7-11-22-4)20-13-16(21(2)3)14-8-6-9-15(12-14)23-5;/h6,8-9,12,16H,7,10-11,13H2,1-5H3,(H2,18,19,20);1H. The highest BCUT2D eigenvalue weighted by Crippen LogP contribution is 2.21. The van der Waals surface area contributed by atoms with E-state index in [1.807, 2.05) is 12.1 Å². The molecule has 0 saturated heterocycles. The lowest BCUT2D eigenvalue weighted by molar-refractivity contribution is 0.195. The Hall–Kier alpha value is -1.06. The second-order valence-corrected chi connectivity index (χ2v) is 5.48. The minimum Gasteiger partial charge on any atom is -0.497 e. The Morgan fingerprint density at radius 2 is 2.00 bits per heavy atom. The smallest absolute Gasteiger partial charge is 0.191 e. The van der Waals surface area contributed by atoms with Crippen LogP contribution in [-0.4, -0.2) is 65.9 Å². The van der Waals surface area contributed by atoms with Gasteiger partial charge in [-0.3, -0.25) is 4.99 Å². The molecule has 0 spiro atoms. The fourth-order valence-electron chi connectivity index (χ4n) is 2.28. The third-order valence-corrected chi connectivity index (χ3v) is 3.61. The molecule has 1 aromatic rings. The van der Waals surface area contributed by atoms with Gasteiger partial charge in [-0.15, -0.1) is 24.0 Å². The number of hydrogen-bond donors (Lipinski definition) is 2. The van der Waals surface area contributed by atoms with Gasteiger partial charge in [0.25, 0.3) is 0 Å². The lowest BCUT2D eigenvalue weighted by Crippen LogP contribution is -2.42. The first-order valence-electron chi connectivity index (χ1n) is 7.86. The maximum absolute atomic E-state index is 5.32. The third kappa shape index (κ3) is 8.16. The van der Waals surface area contributed by atoms with Crippen LogP contribution in [0.15, 0.2) is 29.3 Å². The molecule has 1 atom stereocenters. The molecule has 0 amide bonds. The number of benzene rings is 1. The summed E-state index contributed by atoms with van der Waals surface area (Å²) >= 11 is 0. The molecule has 0 saturated carbocycles. The highest BCUT2D eigenvalue weighted by Gasteiger charge is 2.15. The summed E-state index contributed by atoms with van der Waals surface area (Å²) in [6.45, 7) is 2.33. The predicted octanol–water partition coefficient (Wildman–Crippen LogP) is 2.12. The Kier molecular flexibility index (Phi) is 12.7. The van der Waals surface area contributed by atoms with Crippen LogP contribution < -0.4 is 15.4 Å². The van der Waals surface area contributed by atoms with Crippen LogP contribution in [0.3, 0.4) is 0 Å². The van der Waals surface area contributed by atoms with Crippen LogP contribution in [0.2, 0.25) is 0 Å². The minimum absolute atomic E-state index is 0. The summed E-state index contributed by atoms with van der Waals surface area (Å²) in [6, 6.07) is 8.38. The lowest BCUT2D eigenvalue weighted by atomic mass is 10.1. The third-order valence-electron chi connectivity index (χ3n) is 3.61. The fraction of sp³-hybridized carbons (Fsp3) is 0.588. The van der Waals surface area contributed by atoms with Gasteiger partial charge in [0.1, 0.15) is 5.75 Å². The van der Waals surface area contributed by atoms with Crippen LogP contribution in [0.25, 0.3) is 0 Å². The molecule has 6 nitrogen and oxygen atoms in total. The van der Waals surface area contributed by atoms with E-state index in [1.54, 1.807) is 21.3 Å². The van der Waals surface area contributed by atoms with Gasteiger partial charge in [0, 0.05) is 33.9 Å². The molecule has 0 bridgehead atoms. The highest BCUT2D eigenvalue weighted by atomic mass is 127.